The molecule has 1 atom stereocenters. The van der Waals surface area contributed by atoms with Crippen LogP contribution in [0.1, 0.15) is 27.8 Å². The van der Waals surface area contributed by atoms with E-state index in [4.69, 9.17) is 4.65 Å². The highest BCUT2D eigenvalue weighted by atomic mass is 16.5. The summed E-state index contributed by atoms with van der Waals surface area (Å²) in [5.41, 5.74) is 0.578. The van der Waals surface area contributed by atoms with Gasteiger partial charge >= 0.3 is 13.1 Å². The lowest BCUT2D eigenvalue weighted by molar-refractivity contribution is -0.121. The Bertz CT molecular complexity index is 885. The van der Waals surface area contributed by atoms with E-state index in [0.717, 1.165) is 13.1 Å². The van der Waals surface area contributed by atoms with Gasteiger partial charge in [-0.2, -0.15) is 4.80 Å². The lowest BCUT2D eigenvalue weighted by Crippen LogP contribution is -2.53. The van der Waals surface area contributed by atoms with Crippen LogP contribution in [-0.4, -0.2) is 68.4 Å². The number of carboxylic acid groups (broad SMARTS) is 1. The van der Waals surface area contributed by atoms with Crippen molar-refractivity contribution in [3.05, 3.63) is 35.2 Å². The standard InChI is InChI=1S/C15H17BN6O5/c23-13(5-12-19-21-22(20-12)9-6-17-7-9)18-11-4-8-2-1-3-10(15(24)25)14(8)27-16(11)26/h1-3,9,11,17,26H,4-7H2,(H,18,23)(H,24,25). The first-order valence-corrected chi connectivity index (χ1v) is 8.49. The molecule has 4 rings (SSSR count). The zero-order valence-corrected chi connectivity index (χ0v) is 14.2. The van der Waals surface area contributed by atoms with Crippen LogP contribution in [0.25, 0.3) is 0 Å². The summed E-state index contributed by atoms with van der Waals surface area (Å²) in [4.78, 5) is 25.0. The van der Waals surface area contributed by atoms with Crippen LogP contribution in [0.15, 0.2) is 18.2 Å². The molecule has 3 heterocycles. The SMILES string of the molecule is O=C(Cc1nnn(C2CNC2)n1)NC1Cc2cccc(C(=O)O)c2OB1O. The maximum atomic E-state index is 12.3. The molecule has 0 saturated carbocycles. The summed E-state index contributed by atoms with van der Waals surface area (Å²) in [6.45, 7) is 1.54. The number of carbonyl (C=O) groups excluding carboxylic acids is 1. The van der Waals surface area contributed by atoms with Gasteiger partial charge in [0.05, 0.1) is 24.0 Å². The molecule has 4 N–H and O–H groups in total. The van der Waals surface area contributed by atoms with Gasteiger partial charge in [-0.25, -0.2) is 4.79 Å². The molecule has 0 aliphatic carbocycles. The third-order valence-electron chi connectivity index (χ3n) is 4.57. The highest BCUT2D eigenvalue weighted by Crippen LogP contribution is 2.30. The molecule has 1 aromatic carbocycles. The topological polar surface area (TPSA) is 151 Å². The summed E-state index contributed by atoms with van der Waals surface area (Å²) in [7, 11) is -1.35. The zero-order chi connectivity index (χ0) is 19.0. The van der Waals surface area contributed by atoms with Crippen molar-refractivity contribution in [2.24, 2.45) is 0 Å². The lowest BCUT2D eigenvalue weighted by Gasteiger charge is -2.28. The molecule has 2 aliphatic rings. The van der Waals surface area contributed by atoms with Crippen LogP contribution in [0.2, 0.25) is 0 Å². The van der Waals surface area contributed by atoms with Gasteiger partial charge in [0, 0.05) is 13.1 Å². The van der Waals surface area contributed by atoms with Crippen LogP contribution in [0.5, 0.6) is 5.75 Å². The first-order chi connectivity index (χ1) is 13.0. The van der Waals surface area contributed by atoms with Gasteiger partial charge in [-0.1, -0.05) is 12.1 Å². The van der Waals surface area contributed by atoms with E-state index >= 15 is 0 Å². The van der Waals surface area contributed by atoms with E-state index in [1.54, 1.807) is 12.1 Å². The Hall–Kier alpha value is -2.99. The van der Waals surface area contributed by atoms with E-state index in [-0.39, 0.29) is 36.1 Å². The van der Waals surface area contributed by atoms with Gasteiger partial charge in [0.1, 0.15) is 5.75 Å². The van der Waals surface area contributed by atoms with E-state index in [1.807, 2.05) is 0 Å². The fourth-order valence-electron chi connectivity index (χ4n) is 3.04. The fourth-order valence-corrected chi connectivity index (χ4v) is 3.04. The molecule has 1 unspecified atom stereocenters. The number of aromatic nitrogens is 4. The number of tetrazole rings is 1. The second-order valence-electron chi connectivity index (χ2n) is 6.50. The number of carboxylic acids is 1. The summed E-state index contributed by atoms with van der Waals surface area (Å²) in [6, 6.07) is 4.86. The number of hydrogen-bond donors (Lipinski definition) is 4. The molecule has 2 aliphatic heterocycles. The van der Waals surface area contributed by atoms with Gasteiger partial charge in [0.2, 0.25) is 5.91 Å². The Labute approximate surface area is 153 Å². The maximum absolute atomic E-state index is 12.3. The van der Waals surface area contributed by atoms with Gasteiger partial charge in [0.25, 0.3) is 0 Å². The molecule has 140 valence electrons. The van der Waals surface area contributed by atoms with E-state index < -0.39 is 19.0 Å². The minimum Gasteiger partial charge on any atom is -0.534 e. The van der Waals surface area contributed by atoms with Crippen molar-refractivity contribution in [1.82, 2.24) is 30.8 Å². The normalized spacial score (nSPS) is 19.0. The first kappa shape index (κ1) is 17.4. The highest BCUT2D eigenvalue weighted by molar-refractivity contribution is 6.47. The fraction of sp³-hybridized carbons (Fsp3) is 0.400. The van der Waals surface area contributed by atoms with Crippen LogP contribution < -0.4 is 15.3 Å². The second kappa shape index (κ2) is 6.97. The number of aromatic carboxylic acids is 1. The average Bonchev–Trinajstić information content (AvgIpc) is 3.00. The highest BCUT2D eigenvalue weighted by Gasteiger charge is 2.37. The molecule has 1 fully saturated rings. The van der Waals surface area contributed by atoms with Crippen molar-refractivity contribution < 1.29 is 24.4 Å². The Morgan fingerprint density at radius 1 is 1.41 bits per heavy atom. The van der Waals surface area contributed by atoms with Gasteiger partial charge in [0.15, 0.2) is 5.82 Å². The van der Waals surface area contributed by atoms with Gasteiger partial charge in [-0.15, -0.1) is 10.2 Å². The number of nitrogens with zero attached hydrogens (tertiary/aromatic N) is 4. The summed E-state index contributed by atoms with van der Waals surface area (Å²) in [6.07, 6.45) is 0.169. The van der Waals surface area contributed by atoms with Gasteiger partial charge in [-0.05, 0) is 23.3 Å². The molecule has 1 aromatic heterocycles. The molecule has 27 heavy (non-hydrogen) atoms. The molecule has 11 nitrogen and oxygen atoms in total. The van der Waals surface area contributed by atoms with Crippen molar-refractivity contribution >= 4 is 19.0 Å². The molecule has 1 amide bonds. The maximum Gasteiger partial charge on any atom is 0.547 e. The molecule has 2 aromatic rings. The molecular formula is C15H17BN6O5. The minimum atomic E-state index is -1.35. The van der Waals surface area contributed by atoms with Crippen molar-refractivity contribution in [1.29, 1.82) is 0 Å². The number of nitrogens with one attached hydrogen (secondary N) is 2. The molecule has 1 saturated heterocycles. The van der Waals surface area contributed by atoms with E-state index in [9.17, 15) is 19.7 Å². The Balaban J connectivity index is 1.40. The third kappa shape index (κ3) is 3.48. The molecule has 0 bridgehead atoms. The third-order valence-corrected chi connectivity index (χ3v) is 4.57. The van der Waals surface area contributed by atoms with Crippen molar-refractivity contribution in [2.75, 3.05) is 13.1 Å². The van der Waals surface area contributed by atoms with Gasteiger partial charge in [-0.3, -0.25) is 4.79 Å². The predicted octanol–water partition coefficient (Wildman–Crippen LogP) is -1.80. The number of carbonyl (C=O) groups is 2. The van der Waals surface area contributed by atoms with Crippen LogP contribution in [0, 0.1) is 0 Å². The van der Waals surface area contributed by atoms with Gasteiger partial charge < -0.3 is 25.4 Å². The van der Waals surface area contributed by atoms with Crippen molar-refractivity contribution in [2.45, 2.75) is 24.8 Å². The zero-order valence-electron chi connectivity index (χ0n) is 14.2. The predicted molar refractivity (Wildman–Crippen MR) is 91.1 cm³/mol. The molecule has 12 heteroatoms. The van der Waals surface area contributed by atoms with E-state index in [0.29, 0.717) is 11.4 Å². The Kier molecular flexibility index (Phi) is 4.50. The van der Waals surface area contributed by atoms with Crippen molar-refractivity contribution in [3.8, 4) is 5.75 Å². The van der Waals surface area contributed by atoms with Crippen LogP contribution >= 0.6 is 0 Å². The summed E-state index contributed by atoms with van der Waals surface area (Å²) in [5.74, 6) is -1.81. The van der Waals surface area contributed by atoms with E-state index in [1.165, 1.54) is 10.9 Å². The smallest absolute Gasteiger partial charge is 0.534 e. The van der Waals surface area contributed by atoms with Crippen LogP contribution in [0.3, 0.4) is 0 Å². The van der Waals surface area contributed by atoms with E-state index in [2.05, 4.69) is 26.0 Å². The summed E-state index contributed by atoms with van der Waals surface area (Å²) in [5, 5.41) is 37.2. The number of hydrogen-bond acceptors (Lipinski definition) is 8. The largest absolute Gasteiger partial charge is 0.547 e. The second-order valence-corrected chi connectivity index (χ2v) is 6.50. The van der Waals surface area contributed by atoms with Crippen molar-refractivity contribution in [3.63, 3.8) is 0 Å². The van der Waals surface area contributed by atoms with Crippen LogP contribution in [0.4, 0.5) is 0 Å². The monoisotopic (exact) mass is 372 g/mol. The molecule has 0 radical (unpaired) electrons. The van der Waals surface area contributed by atoms with Crippen LogP contribution in [-0.2, 0) is 17.6 Å². The Morgan fingerprint density at radius 2 is 2.22 bits per heavy atom. The number of rotatable bonds is 5. The number of amides is 1. The number of benzene rings is 1. The quantitative estimate of drug-likeness (QED) is 0.446. The lowest BCUT2D eigenvalue weighted by atomic mass is 9.72. The average molecular weight is 372 g/mol. The minimum absolute atomic E-state index is 0.0253. The summed E-state index contributed by atoms with van der Waals surface area (Å²) >= 11 is 0. The first-order valence-electron chi connectivity index (χ1n) is 8.49. The molecule has 0 spiro atoms. The Morgan fingerprint density at radius 3 is 2.93 bits per heavy atom. The summed E-state index contributed by atoms with van der Waals surface area (Å²) < 4.78 is 5.35. The number of fused-ring (bicyclic) bond motifs is 1. The number of para-hydroxylation sites is 1. The molecular weight excluding hydrogens is 355 g/mol.